The summed E-state index contributed by atoms with van der Waals surface area (Å²) < 4.78 is 0. The summed E-state index contributed by atoms with van der Waals surface area (Å²) in [5, 5.41) is 102. The van der Waals surface area contributed by atoms with Crippen LogP contribution in [0.5, 0.6) is 0 Å². The van der Waals surface area contributed by atoms with Crippen molar-refractivity contribution in [2.75, 3.05) is 37.8 Å². The van der Waals surface area contributed by atoms with Gasteiger partial charge in [-0.2, -0.15) is 23.5 Å². The summed E-state index contributed by atoms with van der Waals surface area (Å²) in [6.45, 7) is 15.2. The highest BCUT2D eigenvalue weighted by atomic mass is 32.2. The van der Waals surface area contributed by atoms with E-state index in [0.717, 1.165) is 24.0 Å². The lowest BCUT2D eigenvalue weighted by Gasteiger charge is -2.35. The lowest BCUT2D eigenvalue weighted by molar-refractivity contribution is -0.139. The van der Waals surface area contributed by atoms with Gasteiger partial charge < -0.3 is 122 Å². The van der Waals surface area contributed by atoms with E-state index in [-0.39, 0.29) is 97.8 Å². The number of carbonyl (C=O) groups excluding carboxylic acids is 14. The Kier molecular flexibility index (Phi) is 40.8. The van der Waals surface area contributed by atoms with Crippen LogP contribution in [0.2, 0.25) is 0 Å². The Balaban J connectivity index is 1.27. The number of carboxylic acids is 1. The summed E-state index contributed by atoms with van der Waals surface area (Å²) in [5.74, 6) is -14.4. The van der Waals surface area contributed by atoms with Gasteiger partial charge in [0.15, 0.2) is 0 Å². The zero-order valence-corrected chi connectivity index (χ0v) is 73.3. The summed E-state index contributed by atoms with van der Waals surface area (Å²) in [7, 11) is 0. The van der Waals surface area contributed by atoms with Crippen molar-refractivity contribution in [3.63, 3.8) is 0 Å². The van der Waals surface area contributed by atoms with Gasteiger partial charge in [0.25, 0.3) is 0 Å². The number of nitrogens with two attached hydrogens (primary N) is 1. The zero-order chi connectivity index (χ0) is 89.7. The van der Waals surface area contributed by atoms with E-state index in [1.165, 1.54) is 51.2 Å². The number of primary amides is 1. The third kappa shape index (κ3) is 32.3. The average Bonchev–Trinajstić information content (AvgIpc) is 1.67. The van der Waals surface area contributed by atoms with Crippen molar-refractivity contribution < 1.29 is 97.5 Å². The summed E-state index contributed by atoms with van der Waals surface area (Å²) in [6.07, 6.45) is -0.602. The van der Waals surface area contributed by atoms with E-state index in [0.29, 0.717) is 84.1 Å². The van der Waals surface area contributed by atoms with Gasteiger partial charge in [-0.15, -0.1) is 0 Å². The van der Waals surface area contributed by atoms with Gasteiger partial charge in [-0.25, -0.2) is 0 Å². The van der Waals surface area contributed by atoms with Gasteiger partial charge in [0, 0.05) is 55.6 Å². The second-order valence-corrected chi connectivity index (χ2v) is 36.8. The van der Waals surface area contributed by atoms with E-state index in [9.17, 15) is 68.7 Å². The molecule has 0 radical (unpaired) electrons. The molecule has 4 unspecified atom stereocenters. The Hall–Kier alpha value is -8.35. The van der Waals surface area contributed by atoms with Crippen molar-refractivity contribution >= 4 is 112 Å². The van der Waals surface area contributed by atoms with Gasteiger partial charge in [0.05, 0.1) is 30.6 Å². The first kappa shape index (κ1) is 101. The van der Waals surface area contributed by atoms with Crippen molar-refractivity contribution in [1.82, 2.24) is 90.4 Å². The first-order valence-electron chi connectivity index (χ1n) is 43.1. The SMILES string of the molecule is CCC[C@H](NC(C)=O)C(=O)N[C@H]1CSCc2cccc(c2)CSC[C@@H](C(N)=O)NC(=O)[C@H]([C@@H](C)O)NC(=O)[C@H](C)NC(=O)[C@H](CC2CCC(O)CC2)NC(=O)[C@H](CCC(=O)O)NC(=O)[C@H](CCC)NC(=O)[C@H](CC2CNC3NCCCC23)NC(=O)[C@H]([C@@H](C)O)NC(=O)[C@H](CC2CNCN2)NC(=O)[C@H](CC2CCC(O)CC2)NC(=O)[C@H](C(C)(C)C)NC1=O. The van der Waals surface area contributed by atoms with Crippen molar-refractivity contribution in [3.05, 3.63) is 35.4 Å². The van der Waals surface area contributed by atoms with Crippen molar-refractivity contribution in [2.45, 2.75) is 317 Å². The number of aliphatic carboxylic acids is 1. The minimum absolute atomic E-state index is 0.00522. The predicted octanol–water partition coefficient (Wildman–Crippen LogP) is -3.01. The van der Waals surface area contributed by atoms with Crippen LogP contribution in [0.25, 0.3) is 0 Å². The topological polar surface area (TPSA) is 588 Å². The van der Waals surface area contributed by atoms with Crippen molar-refractivity contribution in [1.29, 1.82) is 0 Å². The maximum atomic E-state index is 15.3. The normalized spacial score (nSPS) is 31.7. The molecule has 2 bridgehead atoms. The molecule has 6 aliphatic rings. The van der Waals surface area contributed by atoms with Crippen LogP contribution in [0.4, 0.5) is 0 Å². The Morgan fingerprint density at radius 1 is 0.557 bits per heavy atom. The molecule has 38 nitrogen and oxygen atoms in total. The molecule has 0 spiro atoms. The van der Waals surface area contributed by atoms with Crippen LogP contribution in [-0.4, -0.2) is 267 Å². The molecule has 19 atom stereocenters. The highest BCUT2D eigenvalue weighted by molar-refractivity contribution is 7.98. The second kappa shape index (κ2) is 49.4. The number of amides is 14. The summed E-state index contributed by atoms with van der Waals surface area (Å²) in [6, 6.07) is -12.5. The summed E-state index contributed by atoms with van der Waals surface area (Å²) in [4.78, 5) is 215. The molecule has 40 heteroatoms. The number of hydrogen-bond acceptors (Lipinski definition) is 25. The minimum atomic E-state index is -1.83. The smallest absolute Gasteiger partial charge is 0.303 e. The van der Waals surface area contributed by atoms with Gasteiger partial charge in [0.2, 0.25) is 82.7 Å². The quantitative estimate of drug-likeness (QED) is 0.0583. The molecule has 0 aromatic heterocycles. The van der Waals surface area contributed by atoms with Crippen LogP contribution in [0.15, 0.2) is 24.3 Å². The fraction of sp³-hybridized carbons (Fsp3) is 0.744. The summed E-state index contributed by atoms with van der Waals surface area (Å²) in [5.41, 5.74) is 6.22. The largest absolute Gasteiger partial charge is 0.481 e. The molecule has 684 valence electrons. The number of benzene rings is 1. The fourth-order valence-corrected chi connectivity index (χ4v) is 18.4. The first-order valence-corrected chi connectivity index (χ1v) is 45.4. The number of carbonyl (C=O) groups is 15. The number of fused-ring (bicyclic) bond motifs is 3. The van der Waals surface area contributed by atoms with Gasteiger partial charge in [0.1, 0.15) is 78.5 Å². The maximum Gasteiger partial charge on any atom is 0.303 e. The second-order valence-electron chi connectivity index (χ2n) is 34.7. The van der Waals surface area contributed by atoms with Crippen LogP contribution in [0.1, 0.15) is 202 Å². The number of thioether (sulfide) groups is 2. The fourth-order valence-electron chi connectivity index (χ4n) is 16.4. The highest BCUT2D eigenvalue weighted by Gasteiger charge is 2.45. The number of aliphatic hydroxyl groups excluding tert-OH is 4. The highest BCUT2D eigenvalue weighted by Crippen LogP contribution is 2.34. The number of rotatable bonds is 21. The molecule has 122 heavy (non-hydrogen) atoms. The van der Waals surface area contributed by atoms with Crippen LogP contribution < -0.4 is 96.1 Å². The van der Waals surface area contributed by atoms with E-state index < -0.39 is 216 Å². The zero-order valence-electron chi connectivity index (χ0n) is 71.6. The number of nitrogens with one attached hydrogen (secondary N) is 17. The van der Waals surface area contributed by atoms with Crippen molar-refractivity contribution in [2.24, 2.45) is 34.8 Å². The predicted molar refractivity (Wildman–Crippen MR) is 454 cm³/mol. The average molecular weight is 1760 g/mol. The molecule has 14 amide bonds. The van der Waals surface area contributed by atoms with Crippen LogP contribution in [0.3, 0.4) is 0 Å². The molecule has 1 aromatic rings. The molecule has 5 fully saturated rings. The molecule has 3 saturated heterocycles. The van der Waals surface area contributed by atoms with Gasteiger partial charge in [-0.1, -0.05) is 71.7 Å². The van der Waals surface area contributed by atoms with Gasteiger partial charge >= 0.3 is 5.97 Å². The Morgan fingerprint density at radius 2 is 1.06 bits per heavy atom. The van der Waals surface area contributed by atoms with Crippen molar-refractivity contribution in [3.8, 4) is 0 Å². The van der Waals surface area contributed by atoms with E-state index in [2.05, 4.69) is 90.4 Å². The monoisotopic (exact) mass is 1750 g/mol. The van der Waals surface area contributed by atoms with Gasteiger partial charge in [-0.3, -0.25) is 71.9 Å². The lowest BCUT2D eigenvalue weighted by Crippen LogP contribution is -2.63. The molecular weight excluding hydrogens is 1620 g/mol. The first-order chi connectivity index (χ1) is 57.8. The molecule has 24 N–H and O–H groups in total. The van der Waals surface area contributed by atoms with E-state index >= 15 is 28.8 Å². The van der Waals surface area contributed by atoms with E-state index in [1.807, 2.05) is 25.1 Å². The number of piperidine rings is 1. The molecule has 1 aromatic carbocycles. The molecule has 4 aliphatic heterocycles. The Morgan fingerprint density at radius 3 is 1.58 bits per heavy atom. The van der Waals surface area contributed by atoms with Crippen LogP contribution in [0, 0.1) is 29.1 Å². The number of aliphatic hydroxyl groups is 4. The third-order valence-corrected chi connectivity index (χ3v) is 25.6. The molecule has 2 aliphatic carbocycles. The van der Waals surface area contributed by atoms with Crippen LogP contribution in [-0.2, 0) is 83.4 Å². The Bertz CT molecular complexity index is 3730. The minimum Gasteiger partial charge on any atom is -0.481 e. The third-order valence-electron chi connectivity index (χ3n) is 23.4. The molecule has 7 rings (SSSR count). The number of carboxylic acid groups (broad SMARTS) is 1. The molecule has 2 saturated carbocycles. The molecule has 4 heterocycles. The maximum absolute atomic E-state index is 15.3. The van der Waals surface area contributed by atoms with E-state index in [4.69, 9.17) is 5.73 Å². The number of hydrogen-bond donors (Lipinski definition) is 23. The lowest BCUT2D eigenvalue weighted by atomic mass is 9.82. The standard InChI is InChI=1S/C82H134N18O20S2/c1-10-14-55(89-45(6)103)71(110)97-63-40-122-38-49-17-12-16-48(30-49)37-121-39-62(68(83)108)96-80(119)65(43(4)101)98-70(109)42(3)88-74(113)58(31-46-19-23-52(104)24-20-46)92-73(112)57(27-28-64(106)107)91-72(111)56(15-11-2)90-76(115)60(33-50-35-86-69-54(50)18-13-29-85-69)94-79(118)66(44(5)102)99-77(116)61(34-51-36-84-41-87-51)93-75(114)59(32-47-21-25-53(105)26-22-47)95-81(120)67(82(7,8)9)100-78(63)117/h12,16-17,30,42-44,46-47,50-63,65-67,69,84-87,101-102,104-105H,10-11,13-15,18-29,31-41H2,1-9H3,(H2,83,108)(H,88,113)(H,89,103)(H,90,115)(H,91,111)(H,92,112)(H,93,114)(H,94,118)(H,95,120)(H,96,119)(H,97,110)(H,98,109)(H,99,116)(H,100,117)(H,106,107)/t42-,43+,44+,46?,47?,50?,51?,52?,53?,54?,55-,56-,57-,58-,59-,60-,61-,62-,63-,65-,66-,67+,69?/m0/s1. The van der Waals surface area contributed by atoms with Crippen LogP contribution >= 0.6 is 23.5 Å². The van der Waals surface area contributed by atoms with E-state index in [1.54, 1.807) is 33.8 Å². The van der Waals surface area contributed by atoms with Gasteiger partial charge in [-0.05, 0) is 183 Å². The molecular formula is C82H134N18O20S2. The summed E-state index contributed by atoms with van der Waals surface area (Å²) >= 11 is 2.46. The Labute approximate surface area is 721 Å².